The molecule has 0 aliphatic carbocycles. The van der Waals surface area contributed by atoms with Gasteiger partial charge in [0, 0.05) is 32.1 Å². The molecule has 1 fully saturated rings. The molecule has 1 aromatic heterocycles. The quantitative estimate of drug-likeness (QED) is 0.879. The molecule has 3 rings (SSSR count). The van der Waals surface area contributed by atoms with E-state index in [-0.39, 0.29) is 0 Å². The highest BCUT2D eigenvalue weighted by Crippen LogP contribution is 2.11. The summed E-state index contributed by atoms with van der Waals surface area (Å²) in [5.74, 6) is 1.84. The lowest BCUT2D eigenvalue weighted by Gasteiger charge is -2.30. The molecule has 2 heterocycles. The van der Waals surface area contributed by atoms with Crippen LogP contribution in [0.2, 0.25) is 0 Å². The summed E-state index contributed by atoms with van der Waals surface area (Å²) in [4.78, 5) is 6.88. The Morgan fingerprint density at radius 2 is 2.10 bits per heavy atom. The number of nitrogens with one attached hydrogen (secondary N) is 2. The number of rotatable bonds is 5. The summed E-state index contributed by atoms with van der Waals surface area (Å²) in [6.07, 6.45) is 3.13. The topological polar surface area (TPSA) is 56.8 Å². The maximum Gasteiger partial charge on any atom is 0.244 e. The van der Waals surface area contributed by atoms with Crippen LogP contribution in [0.15, 0.2) is 30.3 Å². The van der Waals surface area contributed by atoms with Crippen LogP contribution in [0.25, 0.3) is 0 Å². The molecule has 0 radical (unpaired) electrons. The summed E-state index contributed by atoms with van der Waals surface area (Å²) >= 11 is 0. The smallest absolute Gasteiger partial charge is 0.244 e. The molecule has 1 aliphatic rings. The Balaban J connectivity index is 1.51. The van der Waals surface area contributed by atoms with E-state index in [1.165, 1.54) is 5.56 Å². The van der Waals surface area contributed by atoms with E-state index in [9.17, 15) is 0 Å². The van der Waals surface area contributed by atoms with Crippen molar-refractivity contribution in [3.05, 3.63) is 41.7 Å². The van der Waals surface area contributed by atoms with Crippen LogP contribution >= 0.6 is 0 Å². The number of H-pyrrole nitrogens is 1. The van der Waals surface area contributed by atoms with Crippen molar-refractivity contribution in [2.45, 2.75) is 32.2 Å². The van der Waals surface area contributed by atoms with Crippen LogP contribution in [0.3, 0.4) is 0 Å². The average molecular weight is 285 g/mol. The van der Waals surface area contributed by atoms with Crippen LogP contribution in [0.5, 0.6) is 0 Å². The molecule has 2 aromatic rings. The Morgan fingerprint density at radius 3 is 2.90 bits per heavy atom. The monoisotopic (exact) mass is 285 g/mol. The van der Waals surface area contributed by atoms with E-state index in [0.29, 0.717) is 6.04 Å². The SMILES string of the molecule is CC1CN(c2n[nH]c(CCCc3ccccc3)n2)CCN1. The zero-order valence-corrected chi connectivity index (χ0v) is 12.5. The van der Waals surface area contributed by atoms with Crippen molar-refractivity contribution in [1.29, 1.82) is 0 Å². The minimum atomic E-state index is 0.499. The van der Waals surface area contributed by atoms with E-state index >= 15 is 0 Å². The van der Waals surface area contributed by atoms with Gasteiger partial charge in [-0.15, -0.1) is 5.10 Å². The second-order valence-corrected chi connectivity index (χ2v) is 5.72. The third kappa shape index (κ3) is 3.82. The number of nitrogens with zero attached hydrogens (tertiary/aromatic N) is 3. The van der Waals surface area contributed by atoms with Gasteiger partial charge in [0.2, 0.25) is 5.95 Å². The molecule has 0 saturated carbocycles. The summed E-state index contributed by atoms with van der Waals surface area (Å²) in [5.41, 5.74) is 1.38. The molecule has 0 spiro atoms. The molecule has 0 amide bonds. The lowest BCUT2D eigenvalue weighted by atomic mass is 10.1. The second kappa shape index (κ2) is 6.72. The van der Waals surface area contributed by atoms with Crippen LogP contribution in [-0.2, 0) is 12.8 Å². The minimum absolute atomic E-state index is 0.499. The van der Waals surface area contributed by atoms with E-state index in [0.717, 1.165) is 50.7 Å². The van der Waals surface area contributed by atoms with Crippen molar-refractivity contribution in [1.82, 2.24) is 20.5 Å². The largest absolute Gasteiger partial charge is 0.337 e. The van der Waals surface area contributed by atoms with Gasteiger partial charge in [-0.2, -0.15) is 4.98 Å². The highest BCUT2D eigenvalue weighted by molar-refractivity contribution is 5.30. The Hall–Kier alpha value is -1.88. The van der Waals surface area contributed by atoms with Gasteiger partial charge in [-0.1, -0.05) is 30.3 Å². The third-order valence-corrected chi connectivity index (χ3v) is 3.89. The molecule has 1 atom stereocenters. The Kier molecular flexibility index (Phi) is 4.50. The number of hydrogen-bond donors (Lipinski definition) is 2. The van der Waals surface area contributed by atoms with Crippen molar-refractivity contribution in [3.8, 4) is 0 Å². The zero-order valence-electron chi connectivity index (χ0n) is 12.5. The van der Waals surface area contributed by atoms with Crippen molar-refractivity contribution in [2.75, 3.05) is 24.5 Å². The van der Waals surface area contributed by atoms with Gasteiger partial charge < -0.3 is 10.2 Å². The zero-order chi connectivity index (χ0) is 14.5. The molecular formula is C16H23N5. The third-order valence-electron chi connectivity index (χ3n) is 3.89. The van der Waals surface area contributed by atoms with Gasteiger partial charge in [-0.3, -0.25) is 5.10 Å². The summed E-state index contributed by atoms with van der Waals surface area (Å²) in [7, 11) is 0. The van der Waals surface area contributed by atoms with E-state index in [1.807, 2.05) is 0 Å². The predicted octanol–water partition coefficient (Wildman–Crippen LogP) is 1.78. The lowest BCUT2D eigenvalue weighted by Crippen LogP contribution is -2.49. The summed E-state index contributed by atoms with van der Waals surface area (Å²) < 4.78 is 0. The molecule has 5 nitrogen and oxygen atoms in total. The number of anilines is 1. The first kappa shape index (κ1) is 14.1. The normalized spacial score (nSPS) is 18.9. The maximum absolute atomic E-state index is 4.63. The maximum atomic E-state index is 4.63. The molecule has 1 aromatic carbocycles. The van der Waals surface area contributed by atoms with Crippen LogP contribution in [0.1, 0.15) is 24.7 Å². The van der Waals surface area contributed by atoms with Crippen LogP contribution < -0.4 is 10.2 Å². The van der Waals surface area contributed by atoms with Gasteiger partial charge >= 0.3 is 0 Å². The number of aromatic nitrogens is 3. The molecule has 2 N–H and O–H groups in total. The molecule has 5 heteroatoms. The number of hydrogen-bond acceptors (Lipinski definition) is 4. The number of aromatic amines is 1. The van der Waals surface area contributed by atoms with Gasteiger partial charge in [0.15, 0.2) is 0 Å². The molecule has 112 valence electrons. The van der Waals surface area contributed by atoms with Gasteiger partial charge in [-0.05, 0) is 25.3 Å². The van der Waals surface area contributed by atoms with Crippen LogP contribution in [-0.4, -0.2) is 40.9 Å². The summed E-state index contributed by atoms with van der Waals surface area (Å²) in [6.45, 7) is 5.14. The lowest BCUT2D eigenvalue weighted by molar-refractivity contribution is 0.479. The van der Waals surface area contributed by atoms with E-state index in [1.54, 1.807) is 0 Å². The Labute approximate surface area is 125 Å². The molecule has 0 bridgehead atoms. The van der Waals surface area contributed by atoms with E-state index < -0.39 is 0 Å². The number of benzene rings is 1. The molecule has 1 unspecified atom stereocenters. The van der Waals surface area contributed by atoms with Gasteiger partial charge in [0.25, 0.3) is 0 Å². The summed E-state index contributed by atoms with van der Waals surface area (Å²) in [6, 6.07) is 11.1. The van der Waals surface area contributed by atoms with Crippen molar-refractivity contribution in [3.63, 3.8) is 0 Å². The first-order chi connectivity index (χ1) is 10.3. The Bertz CT molecular complexity index is 551. The number of aryl methyl sites for hydroxylation is 2. The standard InChI is InChI=1S/C16H23N5/c1-13-12-21(11-10-17-13)16-18-15(19-20-16)9-5-8-14-6-3-2-4-7-14/h2-4,6-7,13,17H,5,8-12H2,1H3,(H,18,19,20). The highest BCUT2D eigenvalue weighted by Gasteiger charge is 2.19. The van der Waals surface area contributed by atoms with Crippen LogP contribution in [0, 0.1) is 0 Å². The first-order valence-electron chi connectivity index (χ1n) is 7.75. The summed E-state index contributed by atoms with van der Waals surface area (Å²) in [5, 5.41) is 10.9. The molecule has 1 saturated heterocycles. The predicted molar refractivity (Wildman–Crippen MR) is 84.5 cm³/mol. The van der Waals surface area contributed by atoms with Gasteiger partial charge in [0.05, 0.1) is 0 Å². The van der Waals surface area contributed by atoms with Gasteiger partial charge in [-0.25, -0.2) is 0 Å². The first-order valence-corrected chi connectivity index (χ1v) is 7.75. The van der Waals surface area contributed by atoms with Crippen molar-refractivity contribution in [2.24, 2.45) is 0 Å². The van der Waals surface area contributed by atoms with Crippen LogP contribution in [0.4, 0.5) is 5.95 Å². The van der Waals surface area contributed by atoms with E-state index in [2.05, 4.69) is 62.7 Å². The second-order valence-electron chi connectivity index (χ2n) is 5.72. The van der Waals surface area contributed by atoms with Gasteiger partial charge in [0.1, 0.15) is 5.82 Å². The average Bonchev–Trinajstić information content (AvgIpc) is 2.97. The Morgan fingerprint density at radius 1 is 1.24 bits per heavy atom. The minimum Gasteiger partial charge on any atom is -0.337 e. The van der Waals surface area contributed by atoms with Crippen molar-refractivity contribution < 1.29 is 0 Å². The molecule has 1 aliphatic heterocycles. The fraction of sp³-hybridized carbons (Fsp3) is 0.500. The fourth-order valence-electron chi connectivity index (χ4n) is 2.76. The number of piperazine rings is 1. The van der Waals surface area contributed by atoms with Crippen molar-refractivity contribution >= 4 is 5.95 Å². The van der Waals surface area contributed by atoms with E-state index in [4.69, 9.17) is 0 Å². The fourth-order valence-corrected chi connectivity index (χ4v) is 2.76. The highest BCUT2D eigenvalue weighted by atomic mass is 15.4. The molecule has 21 heavy (non-hydrogen) atoms. The molecular weight excluding hydrogens is 262 g/mol.